The fourth-order valence-corrected chi connectivity index (χ4v) is 3.67. The van der Waals surface area contributed by atoms with Gasteiger partial charge in [0.25, 0.3) is 11.8 Å². The summed E-state index contributed by atoms with van der Waals surface area (Å²) in [6.07, 6.45) is -1.11. The zero-order valence-electron chi connectivity index (χ0n) is 17.3. The number of hydrogen-bond acceptors (Lipinski definition) is 3. The third kappa shape index (κ3) is 4.51. The van der Waals surface area contributed by atoms with Crippen molar-refractivity contribution in [1.29, 1.82) is 0 Å². The summed E-state index contributed by atoms with van der Waals surface area (Å²) in [5.74, 6) is 0.119. The first-order valence-electron chi connectivity index (χ1n) is 10.1. The molecule has 9 heteroatoms. The molecule has 2 aromatic carbocycles. The predicted molar refractivity (Wildman–Crippen MR) is 112 cm³/mol. The molecule has 2 heterocycles. The number of nitrogens with one attached hydrogen (secondary N) is 2. The average Bonchev–Trinajstić information content (AvgIpc) is 3.37. The van der Waals surface area contributed by atoms with Gasteiger partial charge in [0.15, 0.2) is 0 Å². The molecular formula is C23H21F3N4O2. The van der Waals surface area contributed by atoms with Gasteiger partial charge in [-0.05, 0) is 48.7 Å². The molecule has 2 N–H and O–H groups in total. The van der Waals surface area contributed by atoms with E-state index in [0.717, 1.165) is 42.9 Å². The Morgan fingerprint density at radius 1 is 1.12 bits per heavy atom. The van der Waals surface area contributed by atoms with E-state index in [4.69, 9.17) is 0 Å². The summed E-state index contributed by atoms with van der Waals surface area (Å²) >= 11 is 0. The number of imidazole rings is 1. The molecule has 0 bridgehead atoms. The average molecular weight is 442 g/mol. The van der Waals surface area contributed by atoms with Gasteiger partial charge in [0, 0.05) is 30.8 Å². The van der Waals surface area contributed by atoms with Crippen LogP contribution in [0.2, 0.25) is 0 Å². The van der Waals surface area contributed by atoms with Crippen LogP contribution < -0.4 is 10.6 Å². The van der Waals surface area contributed by atoms with E-state index >= 15 is 0 Å². The largest absolute Gasteiger partial charge is 0.416 e. The first-order valence-corrected chi connectivity index (χ1v) is 10.1. The number of amides is 2. The van der Waals surface area contributed by atoms with E-state index in [-0.39, 0.29) is 18.0 Å². The zero-order valence-corrected chi connectivity index (χ0v) is 17.3. The Labute approximate surface area is 182 Å². The van der Waals surface area contributed by atoms with Crippen LogP contribution in [0.15, 0.2) is 48.7 Å². The molecule has 2 amide bonds. The highest BCUT2D eigenvalue weighted by Gasteiger charge is 2.30. The lowest BCUT2D eigenvalue weighted by Gasteiger charge is -2.12. The Bertz CT molecular complexity index is 1180. The number of alkyl halides is 3. The lowest BCUT2D eigenvalue weighted by atomic mass is 10.1. The topological polar surface area (TPSA) is 76.0 Å². The van der Waals surface area contributed by atoms with Crippen molar-refractivity contribution < 1.29 is 22.8 Å². The Morgan fingerprint density at radius 2 is 1.94 bits per heavy atom. The van der Waals surface area contributed by atoms with Crippen molar-refractivity contribution in [2.75, 3.05) is 5.32 Å². The van der Waals surface area contributed by atoms with Crippen molar-refractivity contribution in [1.82, 2.24) is 14.9 Å². The lowest BCUT2D eigenvalue weighted by Crippen LogP contribution is -2.23. The Hall–Kier alpha value is -3.62. The van der Waals surface area contributed by atoms with Gasteiger partial charge in [-0.2, -0.15) is 13.2 Å². The van der Waals surface area contributed by atoms with Gasteiger partial charge in [-0.15, -0.1) is 0 Å². The molecule has 0 radical (unpaired) electrons. The molecule has 6 nitrogen and oxygen atoms in total. The van der Waals surface area contributed by atoms with Gasteiger partial charge < -0.3 is 15.2 Å². The summed E-state index contributed by atoms with van der Waals surface area (Å²) in [6, 6.07) is 9.66. The van der Waals surface area contributed by atoms with E-state index in [2.05, 4.69) is 15.6 Å². The molecule has 0 saturated carbocycles. The molecule has 166 valence electrons. The molecule has 3 aromatic rings. The summed E-state index contributed by atoms with van der Waals surface area (Å²) in [7, 11) is 0. The minimum atomic E-state index is -4.44. The van der Waals surface area contributed by atoms with Gasteiger partial charge in [-0.3, -0.25) is 9.59 Å². The Balaban J connectivity index is 1.45. The summed E-state index contributed by atoms with van der Waals surface area (Å²) in [5, 5.41) is 5.45. The fourth-order valence-electron chi connectivity index (χ4n) is 3.67. The number of aryl methyl sites for hydroxylation is 2. The summed E-state index contributed by atoms with van der Waals surface area (Å²) in [6.45, 7) is 2.50. The molecule has 0 spiro atoms. The van der Waals surface area contributed by atoms with Gasteiger partial charge in [0.2, 0.25) is 0 Å². The molecular weight excluding hydrogens is 421 g/mol. The minimum absolute atomic E-state index is 0.0553. The maximum Gasteiger partial charge on any atom is 0.416 e. The molecule has 0 aliphatic carbocycles. The van der Waals surface area contributed by atoms with Crippen LogP contribution in [0.3, 0.4) is 0 Å². The molecule has 1 aliphatic rings. The third-order valence-corrected chi connectivity index (χ3v) is 5.41. The molecule has 0 atom stereocenters. The van der Waals surface area contributed by atoms with Crippen molar-refractivity contribution in [3.8, 4) is 0 Å². The normalized spacial score (nSPS) is 13.0. The highest BCUT2D eigenvalue weighted by Crippen LogP contribution is 2.29. The number of anilines is 1. The van der Waals surface area contributed by atoms with Crippen molar-refractivity contribution in [2.24, 2.45) is 0 Å². The van der Waals surface area contributed by atoms with Gasteiger partial charge in [0.1, 0.15) is 11.5 Å². The van der Waals surface area contributed by atoms with Gasteiger partial charge in [-0.1, -0.05) is 18.2 Å². The highest BCUT2D eigenvalue weighted by atomic mass is 19.4. The fraction of sp³-hybridized carbons (Fsp3) is 0.261. The molecule has 0 fully saturated rings. The monoisotopic (exact) mass is 442 g/mol. The smallest absolute Gasteiger partial charge is 0.348 e. The first-order chi connectivity index (χ1) is 15.2. The number of nitrogens with zero attached hydrogens (tertiary/aromatic N) is 2. The van der Waals surface area contributed by atoms with Crippen molar-refractivity contribution in [3.63, 3.8) is 0 Å². The second-order valence-corrected chi connectivity index (χ2v) is 7.68. The third-order valence-electron chi connectivity index (χ3n) is 5.41. The first kappa shape index (κ1) is 21.6. The SMILES string of the molecule is Cc1ccc(C(=O)NCc2cccc(C(F)(F)F)c2)cc1NC(=O)c1cnc2n1CCC2. The van der Waals surface area contributed by atoms with E-state index in [1.54, 1.807) is 31.3 Å². The standard InChI is InChI=1S/C23H21F3N4O2/c1-14-7-8-16(21(31)28-12-15-4-2-5-17(10-15)23(24,25)26)11-18(14)29-22(32)19-13-27-20-6-3-9-30(19)20/h2,4-5,7-8,10-11,13H,3,6,9,12H2,1H3,(H,28,31)(H,29,32). The van der Waals surface area contributed by atoms with Crippen LogP contribution in [0.5, 0.6) is 0 Å². The van der Waals surface area contributed by atoms with Gasteiger partial charge in [-0.25, -0.2) is 4.98 Å². The van der Waals surface area contributed by atoms with E-state index < -0.39 is 17.6 Å². The minimum Gasteiger partial charge on any atom is -0.348 e. The van der Waals surface area contributed by atoms with Crippen molar-refractivity contribution >= 4 is 17.5 Å². The quantitative estimate of drug-likeness (QED) is 0.617. The Morgan fingerprint density at radius 3 is 2.72 bits per heavy atom. The van der Waals surface area contributed by atoms with E-state index in [1.807, 2.05) is 4.57 Å². The molecule has 1 aliphatic heterocycles. The number of halogens is 3. The molecule has 0 unspecified atom stereocenters. The van der Waals surface area contributed by atoms with Crippen LogP contribution >= 0.6 is 0 Å². The number of hydrogen-bond donors (Lipinski definition) is 2. The number of fused-ring (bicyclic) bond motifs is 1. The van der Waals surface area contributed by atoms with Crippen LogP contribution in [0.1, 0.15) is 49.8 Å². The zero-order chi connectivity index (χ0) is 22.9. The van der Waals surface area contributed by atoms with Crippen LogP contribution in [0, 0.1) is 6.92 Å². The van der Waals surface area contributed by atoms with Gasteiger partial charge >= 0.3 is 6.18 Å². The number of rotatable bonds is 5. The van der Waals surface area contributed by atoms with Crippen LogP contribution in [-0.4, -0.2) is 21.4 Å². The molecule has 32 heavy (non-hydrogen) atoms. The summed E-state index contributed by atoms with van der Waals surface area (Å²) in [4.78, 5) is 29.6. The van der Waals surface area contributed by atoms with E-state index in [9.17, 15) is 22.8 Å². The summed E-state index contributed by atoms with van der Waals surface area (Å²) in [5.41, 5.74) is 1.58. The maximum absolute atomic E-state index is 12.9. The van der Waals surface area contributed by atoms with Crippen LogP contribution in [0.4, 0.5) is 18.9 Å². The van der Waals surface area contributed by atoms with Gasteiger partial charge in [0.05, 0.1) is 11.8 Å². The number of benzene rings is 2. The predicted octanol–water partition coefficient (Wildman–Crippen LogP) is 4.34. The lowest BCUT2D eigenvalue weighted by molar-refractivity contribution is -0.137. The van der Waals surface area contributed by atoms with E-state index in [0.29, 0.717) is 16.9 Å². The van der Waals surface area contributed by atoms with Crippen LogP contribution in [-0.2, 0) is 25.7 Å². The number of aromatic nitrogens is 2. The van der Waals surface area contributed by atoms with Crippen molar-refractivity contribution in [3.05, 3.63) is 82.4 Å². The Kier molecular flexibility index (Phi) is 5.73. The second kappa shape index (κ2) is 8.49. The van der Waals surface area contributed by atoms with Crippen molar-refractivity contribution in [2.45, 2.75) is 39.0 Å². The number of carbonyl (C=O) groups is 2. The highest BCUT2D eigenvalue weighted by molar-refractivity contribution is 6.04. The van der Waals surface area contributed by atoms with E-state index in [1.165, 1.54) is 12.1 Å². The molecule has 0 saturated heterocycles. The molecule has 4 rings (SSSR count). The summed E-state index contributed by atoms with van der Waals surface area (Å²) < 4.78 is 40.5. The maximum atomic E-state index is 12.9. The second-order valence-electron chi connectivity index (χ2n) is 7.68. The number of carbonyl (C=O) groups excluding carboxylic acids is 2. The molecule has 1 aromatic heterocycles. The van der Waals surface area contributed by atoms with Crippen LogP contribution in [0.25, 0.3) is 0 Å².